The van der Waals surface area contributed by atoms with E-state index in [2.05, 4.69) is 30.6 Å². The molecule has 3 aliphatic rings. The van der Waals surface area contributed by atoms with Gasteiger partial charge in [-0.3, -0.25) is 9.59 Å². The van der Waals surface area contributed by atoms with Gasteiger partial charge in [-0.25, -0.2) is 0 Å². The molecule has 1 aromatic heterocycles. The third kappa shape index (κ3) is 3.90. The molecule has 0 spiro atoms. The summed E-state index contributed by atoms with van der Waals surface area (Å²) in [6, 6.07) is 18.6. The van der Waals surface area contributed by atoms with Crippen molar-refractivity contribution < 1.29 is 9.69 Å². The van der Waals surface area contributed by atoms with Crippen LogP contribution in [-0.4, -0.2) is 54.6 Å². The first kappa shape index (κ1) is 21.4. The second-order valence-electron chi connectivity index (χ2n) is 10.5. The number of hydrogen-bond acceptors (Lipinski definition) is 3. The highest BCUT2D eigenvalue weighted by atomic mass is 16.2. The average molecular weight is 458 g/mol. The fraction of sp³-hybridized carbons (Fsp3) is 0.429. The SMILES string of the molecule is C[NH+]1CCC(Nc2ccc3n(c2=O)C[C@H]2C[C@@H]3CN(C(=O)c3ccc4ccccc4c3)C2)CC1. The highest BCUT2D eigenvalue weighted by Crippen LogP contribution is 2.36. The van der Waals surface area contributed by atoms with Crippen LogP contribution in [0.15, 0.2) is 59.4 Å². The number of likely N-dealkylation sites (tertiary alicyclic amines) is 2. The second kappa shape index (κ2) is 8.58. The number of quaternary nitrogens is 1. The molecule has 3 aromatic rings. The van der Waals surface area contributed by atoms with Gasteiger partial charge in [0.05, 0.1) is 20.1 Å². The highest BCUT2D eigenvalue weighted by molar-refractivity contribution is 5.98. The Kier molecular flexibility index (Phi) is 5.41. The second-order valence-corrected chi connectivity index (χ2v) is 10.5. The van der Waals surface area contributed by atoms with Crippen LogP contribution in [0.1, 0.15) is 41.2 Å². The van der Waals surface area contributed by atoms with Crippen LogP contribution in [-0.2, 0) is 6.54 Å². The zero-order valence-electron chi connectivity index (χ0n) is 19.8. The third-order valence-corrected chi connectivity index (χ3v) is 8.09. The number of anilines is 1. The molecule has 4 heterocycles. The zero-order valence-corrected chi connectivity index (χ0v) is 19.8. The Morgan fingerprint density at radius 3 is 2.59 bits per heavy atom. The van der Waals surface area contributed by atoms with Gasteiger partial charge >= 0.3 is 0 Å². The number of amides is 1. The number of benzene rings is 2. The Bertz CT molecular complexity index is 1290. The maximum atomic E-state index is 13.4. The smallest absolute Gasteiger partial charge is 0.274 e. The molecule has 0 saturated carbocycles. The van der Waals surface area contributed by atoms with Crippen molar-refractivity contribution in [2.24, 2.45) is 5.92 Å². The molecule has 0 radical (unpaired) electrons. The summed E-state index contributed by atoms with van der Waals surface area (Å²) < 4.78 is 1.99. The maximum Gasteiger partial charge on any atom is 0.274 e. The molecule has 2 N–H and O–H groups in total. The van der Waals surface area contributed by atoms with E-state index in [4.69, 9.17) is 0 Å². The fourth-order valence-corrected chi connectivity index (χ4v) is 6.20. The van der Waals surface area contributed by atoms with Crippen LogP contribution in [0.4, 0.5) is 5.69 Å². The van der Waals surface area contributed by atoms with Crippen LogP contribution in [0.2, 0.25) is 0 Å². The minimum absolute atomic E-state index is 0.0962. The zero-order chi connectivity index (χ0) is 23.2. The lowest BCUT2D eigenvalue weighted by Gasteiger charge is -2.43. The summed E-state index contributed by atoms with van der Waals surface area (Å²) in [5.41, 5.74) is 2.66. The van der Waals surface area contributed by atoms with E-state index in [1.165, 1.54) is 0 Å². The summed E-state index contributed by atoms with van der Waals surface area (Å²) >= 11 is 0. The molecular weight excluding hydrogens is 424 g/mol. The summed E-state index contributed by atoms with van der Waals surface area (Å²) in [5, 5.41) is 5.78. The van der Waals surface area contributed by atoms with Crippen molar-refractivity contribution in [2.45, 2.75) is 37.8 Å². The number of fused-ring (bicyclic) bond motifs is 5. The molecule has 2 fully saturated rings. The molecule has 6 rings (SSSR count). The Hall–Kier alpha value is -3.12. The first-order valence-corrected chi connectivity index (χ1v) is 12.6. The van der Waals surface area contributed by atoms with Gasteiger partial charge in [0.1, 0.15) is 5.69 Å². The molecule has 6 nitrogen and oxygen atoms in total. The van der Waals surface area contributed by atoms with E-state index >= 15 is 0 Å². The number of carbonyl (C=O) groups excluding carboxylic acids is 1. The van der Waals surface area contributed by atoms with E-state index in [0.29, 0.717) is 31.6 Å². The molecular formula is C28H33N4O2+. The Morgan fingerprint density at radius 1 is 0.971 bits per heavy atom. The maximum absolute atomic E-state index is 13.4. The third-order valence-electron chi connectivity index (χ3n) is 8.09. The number of hydrogen-bond donors (Lipinski definition) is 2. The van der Waals surface area contributed by atoms with Crippen LogP contribution in [0.25, 0.3) is 10.8 Å². The molecule has 3 aliphatic heterocycles. The van der Waals surface area contributed by atoms with Gasteiger partial charge in [-0.2, -0.15) is 0 Å². The molecule has 2 aromatic carbocycles. The predicted octanol–water partition coefficient (Wildman–Crippen LogP) is 2.35. The van der Waals surface area contributed by atoms with Gasteiger partial charge in [0, 0.05) is 55.7 Å². The van der Waals surface area contributed by atoms with Crippen LogP contribution in [0.5, 0.6) is 0 Å². The van der Waals surface area contributed by atoms with Crippen molar-refractivity contribution in [1.29, 1.82) is 0 Å². The van der Waals surface area contributed by atoms with Crippen molar-refractivity contribution >= 4 is 22.4 Å². The van der Waals surface area contributed by atoms with Crippen LogP contribution < -0.4 is 15.8 Å². The van der Waals surface area contributed by atoms with Gasteiger partial charge in [0.2, 0.25) is 0 Å². The van der Waals surface area contributed by atoms with E-state index in [0.717, 1.165) is 60.1 Å². The number of piperidine rings is 2. The Morgan fingerprint density at radius 2 is 1.76 bits per heavy atom. The average Bonchev–Trinajstić information content (AvgIpc) is 2.86. The standard InChI is InChI=1S/C28H32N4O2/c1-30-12-10-24(11-13-30)29-25-8-9-26-23-14-19(17-32(26)28(25)34)16-31(18-23)27(33)22-7-6-20-4-2-3-5-21(20)15-22/h2-9,15,19,23-24,29H,10-14,16-18H2,1H3/p+1/t19-,23+/m0/s1. The summed E-state index contributed by atoms with van der Waals surface area (Å²) in [6.07, 6.45) is 3.25. The van der Waals surface area contributed by atoms with Gasteiger partial charge in [-0.1, -0.05) is 30.3 Å². The molecule has 1 amide bonds. The molecule has 2 saturated heterocycles. The number of nitrogens with one attached hydrogen (secondary N) is 2. The summed E-state index contributed by atoms with van der Waals surface area (Å²) in [5.74, 6) is 0.625. The first-order valence-electron chi connectivity index (χ1n) is 12.6. The predicted molar refractivity (Wildman–Crippen MR) is 135 cm³/mol. The van der Waals surface area contributed by atoms with Gasteiger partial charge < -0.3 is 19.7 Å². The van der Waals surface area contributed by atoms with Crippen molar-refractivity contribution in [3.8, 4) is 0 Å². The number of aromatic nitrogens is 1. The monoisotopic (exact) mass is 457 g/mol. The lowest BCUT2D eigenvalue weighted by molar-refractivity contribution is -0.884. The largest absolute Gasteiger partial charge is 0.377 e. The van der Waals surface area contributed by atoms with Crippen molar-refractivity contribution in [3.05, 3.63) is 76.2 Å². The Balaban J connectivity index is 1.21. The van der Waals surface area contributed by atoms with E-state index < -0.39 is 0 Å². The van der Waals surface area contributed by atoms with Gasteiger partial charge in [0.25, 0.3) is 11.5 Å². The van der Waals surface area contributed by atoms with Crippen LogP contribution in [0.3, 0.4) is 0 Å². The molecule has 2 bridgehead atoms. The van der Waals surface area contributed by atoms with Crippen molar-refractivity contribution in [1.82, 2.24) is 9.47 Å². The van der Waals surface area contributed by atoms with E-state index in [1.54, 1.807) is 4.90 Å². The highest BCUT2D eigenvalue weighted by Gasteiger charge is 2.37. The lowest BCUT2D eigenvalue weighted by atomic mass is 9.83. The summed E-state index contributed by atoms with van der Waals surface area (Å²) in [7, 11) is 2.23. The van der Waals surface area contributed by atoms with E-state index in [9.17, 15) is 9.59 Å². The lowest BCUT2D eigenvalue weighted by Crippen LogP contribution is -3.10. The number of pyridine rings is 1. The molecule has 34 heavy (non-hydrogen) atoms. The van der Waals surface area contributed by atoms with Crippen LogP contribution >= 0.6 is 0 Å². The van der Waals surface area contributed by atoms with Gasteiger partial charge in [0.15, 0.2) is 0 Å². The minimum atomic E-state index is 0.0962. The normalized spacial score (nSPS) is 26.2. The minimum Gasteiger partial charge on any atom is -0.377 e. The molecule has 6 heteroatoms. The Labute approximate surface area is 200 Å². The van der Waals surface area contributed by atoms with Crippen molar-refractivity contribution in [3.63, 3.8) is 0 Å². The topological polar surface area (TPSA) is 58.8 Å². The van der Waals surface area contributed by atoms with Gasteiger partial charge in [-0.05, 0) is 47.4 Å². The quantitative estimate of drug-likeness (QED) is 0.635. The molecule has 0 unspecified atom stereocenters. The van der Waals surface area contributed by atoms with Crippen molar-refractivity contribution in [2.75, 3.05) is 38.5 Å². The van der Waals surface area contributed by atoms with E-state index in [1.807, 2.05) is 45.9 Å². The molecule has 2 atom stereocenters. The van der Waals surface area contributed by atoms with Gasteiger partial charge in [-0.15, -0.1) is 0 Å². The summed E-state index contributed by atoms with van der Waals surface area (Å²) in [4.78, 5) is 30.3. The summed E-state index contributed by atoms with van der Waals surface area (Å²) in [6.45, 7) is 4.37. The molecule has 0 aliphatic carbocycles. The molecule has 176 valence electrons. The fourth-order valence-electron chi connectivity index (χ4n) is 6.20. The number of nitrogens with zero attached hydrogens (tertiary/aromatic N) is 2. The number of rotatable bonds is 3. The number of carbonyl (C=O) groups is 1. The van der Waals surface area contributed by atoms with Crippen LogP contribution in [0, 0.1) is 5.92 Å². The van der Waals surface area contributed by atoms with E-state index in [-0.39, 0.29) is 17.4 Å². The first-order chi connectivity index (χ1) is 16.5.